The number of halogens is 3. The number of hydrogen-bond donors (Lipinski definition) is 1. The van der Waals surface area contributed by atoms with Crippen LogP contribution in [0.15, 0.2) is 79.3 Å². The Balaban J connectivity index is 1.71. The van der Waals surface area contributed by atoms with E-state index in [9.17, 15) is 4.39 Å². The molecule has 0 aliphatic heterocycles. The fourth-order valence-corrected chi connectivity index (χ4v) is 3.98. The van der Waals surface area contributed by atoms with Crippen LogP contribution in [0.4, 0.5) is 4.39 Å². The minimum Gasteiger partial charge on any atom is -0.360 e. The maximum Gasteiger partial charge on any atom is 0.142 e. The number of H-pyrrole nitrogens is 1. The van der Waals surface area contributed by atoms with Crippen LogP contribution < -0.4 is 0 Å². The summed E-state index contributed by atoms with van der Waals surface area (Å²) in [5, 5.41) is 1.54. The van der Waals surface area contributed by atoms with Gasteiger partial charge in [0.1, 0.15) is 5.82 Å². The Morgan fingerprint density at radius 3 is 2.50 bits per heavy atom. The van der Waals surface area contributed by atoms with E-state index in [0.29, 0.717) is 11.6 Å². The zero-order valence-corrected chi connectivity index (χ0v) is 17.3. The van der Waals surface area contributed by atoms with Gasteiger partial charge in [-0.05, 0) is 29.8 Å². The van der Waals surface area contributed by atoms with Gasteiger partial charge in [0.05, 0.1) is 22.7 Å². The van der Waals surface area contributed by atoms with E-state index in [1.54, 1.807) is 6.07 Å². The van der Waals surface area contributed by atoms with Gasteiger partial charge in [-0.25, -0.2) is 9.37 Å². The lowest BCUT2D eigenvalue weighted by molar-refractivity contribution is 0.630. The molecule has 6 heteroatoms. The van der Waals surface area contributed by atoms with Crippen molar-refractivity contribution in [1.82, 2.24) is 14.5 Å². The topological polar surface area (TPSA) is 33.6 Å². The Hall–Kier alpha value is -3.08. The summed E-state index contributed by atoms with van der Waals surface area (Å²) in [6, 6.07) is 20.8. The van der Waals surface area contributed by atoms with E-state index in [1.807, 2.05) is 67.1 Å². The SMILES string of the molecule is Fc1cc2c(-c3c(-c4ccccc4)ncn3Cc3ccc(Cl)cc3)c[nH]c2cc1Cl. The molecule has 0 amide bonds. The average Bonchev–Trinajstić information content (AvgIpc) is 3.34. The number of hydrogen-bond acceptors (Lipinski definition) is 1. The first-order valence-electron chi connectivity index (χ1n) is 9.41. The van der Waals surface area contributed by atoms with Crippen LogP contribution in [0.2, 0.25) is 10.0 Å². The van der Waals surface area contributed by atoms with E-state index in [2.05, 4.69) is 9.55 Å². The van der Waals surface area contributed by atoms with Gasteiger partial charge in [-0.15, -0.1) is 0 Å². The van der Waals surface area contributed by atoms with Crippen molar-refractivity contribution in [2.24, 2.45) is 0 Å². The first-order valence-corrected chi connectivity index (χ1v) is 10.2. The summed E-state index contributed by atoms with van der Waals surface area (Å²) in [7, 11) is 0. The van der Waals surface area contributed by atoms with Gasteiger partial charge in [0.25, 0.3) is 0 Å². The molecule has 5 aromatic rings. The van der Waals surface area contributed by atoms with Crippen LogP contribution in [0.1, 0.15) is 5.56 Å². The van der Waals surface area contributed by atoms with Crippen LogP contribution in [0, 0.1) is 5.82 Å². The molecule has 3 nitrogen and oxygen atoms in total. The van der Waals surface area contributed by atoms with E-state index in [-0.39, 0.29) is 5.02 Å². The Labute approximate surface area is 182 Å². The number of nitrogens with zero attached hydrogens (tertiary/aromatic N) is 2. The van der Waals surface area contributed by atoms with Crippen LogP contribution in [0.3, 0.4) is 0 Å². The summed E-state index contributed by atoms with van der Waals surface area (Å²) in [6.45, 7) is 0.606. The molecule has 3 aromatic carbocycles. The first kappa shape index (κ1) is 18.9. The van der Waals surface area contributed by atoms with Crippen molar-refractivity contribution < 1.29 is 4.39 Å². The van der Waals surface area contributed by atoms with Crippen LogP contribution in [0.25, 0.3) is 33.4 Å². The Bertz CT molecular complexity index is 1340. The summed E-state index contributed by atoms with van der Waals surface area (Å²) in [6.07, 6.45) is 3.69. The van der Waals surface area contributed by atoms with Crippen LogP contribution >= 0.6 is 23.2 Å². The van der Waals surface area contributed by atoms with Crippen LogP contribution in [0.5, 0.6) is 0 Å². The highest BCUT2D eigenvalue weighted by molar-refractivity contribution is 6.31. The zero-order chi connectivity index (χ0) is 20.7. The van der Waals surface area contributed by atoms with Crippen LogP contribution in [-0.4, -0.2) is 14.5 Å². The Kier molecular flexibility index (Phi) is 4.81. The second kappa shape index (κ2) is 7.63. The molecule has 0 fully saturated rings. The molecular weight excluding hydrogens is 420 g/mol. The third-order valence-corrected chi connectivity index (χ3v) is 5.67. The average molecular weight is 436 g/mol. The van der Waals surface area contributed by atoms with Crippen molar-refractivity contribution >= 4 is 34.1 Å². The van der Waals surface area contributed by atoms with Gasteiger partial charge in [-0.1, -0.05) is 65.7 Å². The number of aromatic amines is 1. The van der Waals surface area contributed by atoms with Crippen molar-refractivity contribution in [2.45, 2.75) is 6.54 Å². The third-order valence-electron chi connectivity index (χ3n) is 5.13. The molecule has 0 aliphatic rings. The fraction of sp³-hybridized carbons (Fsp3) is 0.0417. The molecular formula is C24H16Cl2FN3. The summed E-state index contributed by atoms with van der Waals surface area (Å²) in [5.41, 5.74) is 5.46. The Morgan fingerprint density at radius 1 is 0.967 bits per heavy atom. The van der Waals surface area contributed by atoms with Crippen molar-refractivity contribution in [3.63, 3.8) is 0 Å². The second-order valence-corrected chi connectivity index (χ2v) is 7.92. The Morgan fingerprint density at radius 2 is 1.73 bits per heavy atom. The van der Waals surface area contributed by atoms with E-state index >= 15 is 0 Å². The molecule has 0 aliphatic carbocycles. The van der Waals surface area contributed by atoms with Gasteiger partial charge in [0, 0.05) is 39.8 Å². The molecule has 0 spiro atoms. The van der Waals surface area contributed by atoms with Gasteiger partial charge >= 0.3 is 0 Å². The van der Waals surface area contributed by atoms with E-state index in [4.69, 9.17) is 28.2 Å². The van der Waals surface area contributed by atoms with E-state index in [1.165, 1.54) is 6.07 Å². The van der Waals surface area contributed by atoms with Gasteiger partial charge in [-0.3, -0.25) is 0 Å². The molecule has 0 atom stereocenters. The zero-order valence-electron chi connectivity index (χ0n) is 15.7. The molecule has 0 bridgehead atoms. The molecule has 0 saturated heterocycles. The highest BCUT2D eigenvalue weighted by atomic mass is 35.5. The quantitative estimate of drug-likeness (QED) is 0.318. The van der Waals surface area contributed by atoms with Gasteiger partial charge in [0.2, 0.25) is 0 Å². The molecule has 1 N–H and O–H groups in total. The van der Waals surface area contributed by atoms with E-state index < -0.39 is 5.82 Å². The van der Waals surface area contributed by atoms with Crippen molar-refractivity contribution in [3.8, 4) is 22.5 Å². The summed E-state index contributed by atoms with van der Waals surface area (Å²) >= 11 is 12.0. The molecule has 5 rings (SSSR count). The van der Waals surface area contributed by atoms with Gasteiger partial charge in [-0.2, -0.15) is 0 Å². The van der Waals surface area contributed by atoms with Crippen molar-refractivity contribution in [1.29, 1.82) is 0 Å². The lowest BCUT2D eigenvalue weighted by atomic mass is 10.0. The minimum absolute atomic E-state index is 0.0915. The van der Waals surface area contributed by atoms with Gasteiger partial charge in [0.15, 0.2) is 0 Å². The smallest absolute Gasteiger partial charge is 0.142 e. The monoisotopic (exact) mass is 435 g/mol. The van der Waals surface area contributed by atoms with Gasteiger partial charge < -0.3 is 9.55 Å². The molecule has 0 radical (unpaired) electrons. The molecule has 0 unspecified atom stereocenters. The second-order valence-electron chi connectivity index (χ2n) is 7.08. The highest BCUT2D eigenvalue weighted by Crippen LogP contribution is 2.37. The lowest BCUT2D eigenvalue weighted by Crippen LogP contribution is -2.01. The molecule has 0 saturated carbocycles. The van der Waals surface area contributed by atoms with Crippen molar-refractivity contribution in [2.75, 3.05) is 0 Å². The minimum atomic E-state index is -0.449. The summed E-state index contributed by atoms with van der Waals surface area (Å²) in [5.74, 6) is -0.449. The predicted octanol–water partition coefficient (Wildman–Crippen LogP) is 7.19. The number of fused-ring (bicyclic) bond motifs is 1. The number of rotatable bonds is 4. The first-order chi connectivity index (χ1) is 14.6. The number of imidazole rings is 1. The lowest BCUT2D eigenvalue weighted by Gasteiger charge is -2.11. The largest absolute Gasteiger partial charge is 0.360 e. The summed E-state index contributed by atoms with van der Waals surface area (Å²) in [4.78, 5) is 7.92. The molecule has 2 aromatic heterocycles. The number of benzene rings is 3. The molecule has 148 valence electrons. The standard InChI is InChI=1S/C24H16Cl2FN3/c25-17-8-6-15(7-9-17)13-30-14-29-23(16-4-2-1-3-5-16)24(30)19-12-28-22-11-20(26)21(27)10-18(19)22/h1-12,14,28H,13H2. The van der Waals surface area contributed by atoms with Crippen molar-refractivity contribution in [3.05, 3.63) is 101 Å². The normalized spacial score (nSPS) is 11.3. The predicted molar refractivity (Wildman–Crippen MR) is 120 cm³/mol. The molecule has 30 heavy (non-hydrogen) atoms. The maximum absolute atomic E-state index is 14.3. The highest BCUT2D eigenvalue weighted by Gasteiger charge is 2.19. The maximum atomic E-state index is 14.3. The van der Waals surface area contributed by atoms with Crippen LogP contribution in [-0.2, 0) is 6.54 Å². The fourth-order valence-electron chi connectivity index (χ4n) is 3.69. The molecule has 2 heterocycles. The third kappa shape index (κ3) is 3.38. The number of aromatic nitrogens is 3. The van der Waals surface area contributed by atoms with E-state index in [0.717, 1.165) is 39.0 Å². The number of nitrogens with one attached hydrogen (secondary N) is 1. The summed E-state index contributed by atoms with van der Waals surface area (Å²) < 4.78 is 16.3.